The van der Waals surface area contributed by atoms with Crippen LogP contribution in [-0.4, -0.2) is 28.9 Å². The molecule has 2 aromatic carbocycles. The highest BCUT2D eigenvalue weighted by Gasteiger charge is 2.40. The van der Waals surface area contributed by atoms with Crippen molar-refractivity contribution in [2.45, 2.75) is 35.0 Å². The van der Waals surface area contributed by atoms with Gasteiger partial charge in [0.05, 0.1) is 11.1 Å². The number of amides is 1. The summed E-state index contributed by atoms with van der Waals surface area (Å²) in [7, 11) is 1.95. The molecule has 1 saturated heterocycles. The van der Waals surface area contributed by atoms with Gasteiger partial charge < -0.3 is 10.5 Å². The van der Waals surface area contributed by atoms with Gasteiger partial charge in [-0.2, -0.15) is 5.10 Å². The summed E-state index contributed by atoms with van der Waals surface area (Å²) in [5.41, 5.74) is 9.66. The first kappa shape index (κ1) is 19.7. The zero-order valence-corrected chi connectivity index (χ0v) is 17.5. The number of benzene rings is 2. The molecule has 1 aliphatic rings. The summed E-state index contributed by atoms with van der Waals surface area (Å²) >= 11 is 1.69. The van der Waals surface area contributed by atoms with E-state index in [2.05, 4.69) is 42.4 Å². The second-order valence-corrected chi connectivity index (χ2v) is 8.65. The van der Waals surface area contributed by atoms with Crippen LogP contribution in [0, 0.1) is 6.92 Å². The maximum absolute atomic E-state index is 12.3. The van der Waals surface area contributed by atoms with Crippen molar-refractivity contribution in [3.8, 4) is 11.3 Å². The van der Waals surface area contributed by atoms with Gasteiger partial charge in [-0.1, -0.05) is 30.0 Å². The van der Waals surface area contributed by atoms with Gasteiger partial charge in [-0.3, -0.25) is 9.48 Å². The second kappa shape index (κ2) is 8.05. The lowest BCUT2D eigenvalue weighted by Crippen LogP contribution is -2.45. The molecule has 3 aromatic rings. The second-order valence-electron chi connectivity index (χ2n) is 7.51. The largest absolute Gasteiger partial charge is 0.381 e. The molecule has 1 fully saturated rings. The standard InChI is InChI=1S/C23H25N3O2S/c1-16-14-19(6-7-20(16)21-8-11-25-26(21)2)29-18-5-3-4-17(15-18)23(22(24)27)9-12-28-13-10-23/h3-8,11,14-15H,9-10,12-13H2,1-2H3,(H2,24,27). The fraction of sp³-hybridized carbons (Fsp3) is 0.304. The summed E-state index contributed by atoms with van der Waals surface area (Å²) in [5.74, 6) is -0.265. The number of rotatable bonds is 5. The topological polar surface area (TPSA) is 70.1 Å². The first-order chi connectivity index (χ1) is 14.0. The molecule has 0 radical (unpaired) electrons. The maximum atomic E-state index is 12.3. The predicted molar refractivity (Wildman–Crippen MR) is 115 cm³/mol. The summed E-state index contributed by atoms with van der Waals surface area (Å²) < 4.78 is 7.35. The van der Waals surface area contributed by atoms with Crippen molar-refractivity contribution in [1.82, 2.24) is 9.78 Å². The summed E-state index contributed by atoms with van der Waals surface area (Å²) in [5, 5.41) is 4.26. The lowest BCUT2D eigenvalue weighted by molar-refractivity contribution is -0.127. The van der Waals surface area contributed by atoms with Crippen LogP contribution >= 0.6 is 11.8 Å². The summed E-state index contributed by atoms with van der Waals surface area (Å²) in [6.45, 7) is 3.25. The van der Waals surface area contributed by atoms with Gasteiger partial charge in [0.15, 0.2) is 0 Å². The molecule has 0 spiro atoms. The van der Waals surface area contributed by atoms with Crippen LogP contribution in [0.2, 0.25) is 0 Å². The van der Waals surface area contributed by atoms with Crippen molar-refractivity contribution in [3.05, 3.63) is 65.9 Å². The number of carbonyl (C=O) groups excluding carboxylic acids is 1. The predicted octanol–water partition coefficient (Wildman–Crippen LogP) is 4.08. The van der Waals surface area contributed by atoms with E-state index in [9.17, 15) is 4.79 Å². The fourth-order valence-electron chi connectivity index (χ4n) is 4.02. The van der Waals surface area contributed by atoms with Crippen molar-refractivity contribution in [3.63, 3.8) is 0 Å². The van der Waals surface area contributed by atoms with E-state index in [1.165, 1.54) is 11.1 Å². The Morgan fingerprint density at radius 2 is 1.90 bits per heavy atom. The van der Waals surface area contributed by atoms with Crippen molar-refractivity contribution in [2.75, 3.05) is 13.2 Å². The number of aryl methyl sites for hydroxylation is 2. The van der Waals surface area contributed by atoms with Crippen LogP contribution in [0.1, 0.15) is 24.0 Å². The third kappa shape index (κ3) is 3.82. The van der Waals surface area contributed by atoms with Gasteiger partial charge in [0, 0.05) is 41.8 Å². The Morgan fingerprint density at radius 1 is 1.14 bits per heavy atom. The molecule has 0 aliphatic carbocycles. The van der Waals surface area contributed by atoms with E-state index in [0.717, 1.165) is 21.0 Å². The van der Waals surface area contributed by atoms with Crippen LogP contribution < -0.4 is 5.73 Å². The highest BCUT2D eigenvalue weighted by atomic mass is 32.2. The van der Waals surface area contributed by atoms with Crippen molar-refractivity contribution in [1.29, 1.82) is 0 Å². The van der Waals surface area contributed by atoms with Crippen molar-refractivity contribution < 1.29 is 9.53 Å². The van der Waals surface area contributed by atoms with E-state index in [4.69, 9.17) is 10.5 Å². The van der Waals surface area contributed by atoms with Crippen LogP contribution in [0.25, 0.3) is 11.3 Å². The molecule has 1 amide bonds. The smallest absolute Gasteiger partial charge is 0.228 e. The lowest BCUT2D eigenvalue weighted by atomic mass is 9.73. The quantitative estimate of drug-likeness (QED) is 0.692. The van der Waals surface area contributed by atoms with E-state index in [1.807, 2.05) is 36.1 Å². The molecule has 0 atom stereocenters. The zero-order chi connectivity index (χ0) is 20.4. The van der Waals surface area contributed by atoms with E-state index in [0.29, 0.717) is 26.1 Å². The van der Waals surface area contributed by atoms with Crippen LogP contribution in [0.15, 0.2) is 64.5 Å². The minimum Gasteiger partial charge on any atom is -0.381 e. The Bertz CT molecular complexity index is 1040. The fourth-order valence-corrected chi connectivity index (χ4v) is 4.99. The number of ether oxygens (including phenoxy) is 1. The Kier molecular flexibility index (Phi) is 5.48. The molecule has 1 aliphatic heterocycles. The molecule has 4 rings (SSSR count). The van der Waals surface area contributed by atoms with Gasteiger partial charge in [-0.05, 0) is 61.2 Å². The van der Waals surface area contributed by atoms with Gasteiger partial charge in [0.25, 0.3) is 0 Å². The van der Waals surface area contributed by atoms with Gasteiger partial charge in [0.2, 0.25) is 5.91 Å². The van der Waals surface area contributed by atoms with Crippen LogP contribution in [0.3, 0.4) is 0 Å². The van der Waals surface area contributed by atoms with E-state index in [1.54, 1.807) is 11.8 Å². The Balaban J connectivity index is 1.61. The molecule has 5 nitrogen and oxygen atoms in total. The average molecular weight is 408 g/mol. The number of hydrogen-bond acceptors (Lipinski definition) is 4. The minimum absolute atomic E-state index is 0.265. The summed E-state index contributed by atoms with van der Waals surface area (Å²) in [6.07, 6.45) is 3.08. The van der Waals surface area contributed by atoms with E-state index >= 15 is 0 Å². The number of carbonyl (C=O) groups is 1. The molecular weight excluding hydrogens is 382 g/mol. The molecule has 150 valence electrons. The maximum Gasteiger partial charge on any atom is 0.228 e. The third-order valence-electron chi connectivity index (χ3n) is 5.74. The summed E-state index contributed by atoms with van der Waals surface area (Å²) in [4.78, 5) is 14.6. The van der Waals surface area contributed by atoms with Gasteiger partial charge in [-0.15, -0.1) is 0 Å². The molecule has 6 heteroatoms. The highest BCUT2D eigenvalue weighted by Crippen LogP contribution is 2.38. The third-order valence-corrected chi connectivity index (χ3v) is 6.71. The molecule has 29 heavy (non-hydrogen) atoms. The summed E-state index contributed by atoms with van der Waals surface area (Å²) in [6, 6.07) is 16.7. The van der Waals surface area contributed by atoms with Crippen LogP contribution in [-0.2, 0) is 22.0 Å². The molecule has 0 saturated carbocycles. The molecule has 0 bridgehead atoms. The van der Waals surface area contributed by atoms with Crippen molar-refractivity contribution in [2.24, 2.45) is 12.8 Å². The molecule has 0 unspecified atom stereocenters. The number of hydrogen-bond donors (Lipinski definition) is 1. The Labute approximate surface area is 175 Å². The van der Waals surface area contributed by atoms with E-state index in [-0.39, 0.29) is 5.91 Å². The van der Waals surface area contributed by atoms with Crippen LogP contribution in [0.4, 0.5) is 0 Å². The average Bonchev–Trinajstić information content (AvgIpc) is 3.14. The number of aromatic nitrogens is 2. The molecule has 1 aromatic heterocycles. The van der Waals surface area contributed by atoms with E-state index < -0.39 is 5.41 Å². The normalized spacial score (nSPS) is 15.9. The SMILES string of the molecule is Cc1cc(Sc2cccc(C3(C(N)=O)CCOCC3)c2)ccc1-c1ccnn1C. The van der Waals surface area contributed by atoms with Crippen molar-refractivity contribution >= 4 is 17.7 Å². The zero-order valence-electron chi connectivity index (χ0n) is 16.7. The number of nitrogens with two attached hydrogens (primary N) is 1. The minimum atomic E-state index is -0.631. The highest BCUT2D eigenvalue weighted by molar-refractivity contribution is 7.99. The monoisotopic (exact) mass is 407 g/mol. The first-order valence-electron chi connectivity index (χ1n) is 9.75. The van der Waals surface area contributed by atoms with Gasteiger partial charge >= 0.3 is 0 Å². The molecular formula is C23H25N3O2S. The lowest BCUT2D eigenvalue weighted by Gasteiger charge is -2.34. The molecule has 2 N–H and O–H groups in total. The van der Waals surface area contributed by atoms with Gasteiger partial charge in [0.1, 0.15) is 0 Å². The molecule has 2 heterocycles. The Morgan fingerprint density at radius 3 is 2.55 bits per heavy atom. The van der Waals surface area contributed by atoms with Gasteiger partial charge in [-0.25, -0.2) is 0 Å². The first-order valence-corrected chi connectivity index (χ1v) is 10.6. The number of nitrogens with zero attached hydrogens (tertiary/aromatic N) is 2. The Hall–Kier alpha value is -2.57. The van der Waals surface area contributed by atoms with Crippen LogP contribution in [0.5, 0.6) is 0 Å². The number of primary amides is 1.